The smallest absolute Gasteiger partial charge is 0.245 e. The highest BCUT2D eigenvalue weighted by Crippen LogP contribution is 2.21. The first-order valence-electron chi connectivity index (χ1n) is 6.89. The molecule has 0 aromatic carbocycles. The van der Waals surface area contributed by atoms with Crippen LogP contribution < -0.4 is 4.90 Å². The number of aryl methyl sites for hydroxylation is 1. The Balaban J connectivity index is 1.76. The van der Waals surface area contributed by atoms with Gasteiger partial charge in [0.2, 0.25) is 5.95 Å². The van der Waals surface area contributed by atoms with Crippen LogP contribution in [-0.2, 0) is 7.05 Å². The highest BCUT2D eigenvalue weighted by atomic mass is 35.5. The Morgan fingerprint density at radius 1 is 1.10 bits per heavy atom. The Kier molecular flexibility index (Phi) is 2.81. The summed E-state index contributed by atoms with van der Waals surface area (Å²) in [5, 5.41) is 9.42. The molecule has 3 aromatic rings. The van der Waals surface area contributed by atoms with Gasteiger partial charge in [-0.25, -0.2) is 14.2 Å². The molecule has 1 fully saturated rings. The fraction of sp³-hybridized carbons (Fsp3) is 0.385. The van der Waals surface area contributed by atoms with Gasteiger partial charge in [0.25, 0.3) is 0 Å². The summed E-state index contributed by atoms with van der Waals surface area (Å²) in [6, 6.07) is 3.76. The number of hydrogen-bond donors (Lipinski definition) is 0. The summed E-state index contributed by atoms with van der Waals surface area (Å²) in [4.78, 5) is 11.0. The molecule has 7 nitrogen and oxygen atoms in total. The van der Waals surface area contributed by atoms with Crippen LogP contribution in [0.2, 0.25) is 5.15 Å². The molecular weight excluding hydrogens is 290 g/mol. The number of halogens is 1. The highest BCUT2D eigenvalue weighted by Gasteiger charge is 2.19. The van der Waals surface area contributed by atoms with Crippen molar-refractivity contribution in [1.82, 2.24) is 29.4 Å². The second-order valence-electron chi connectivity index (χ2n) is 5.14. The van der Waals surface area contributed by atoms with E-state index in [4.69, 9.17) is 11.6 Å². The Morgan fingerprint density at radius 3 is 2.71 bits per heavy atom. The average Bonchev–Trinajstić information content (AvgIpc) is 3.15. The SMILES string of the molecule is Cn1nc(N2CCCC2)nc1-c1ccc2nc(Cl)cn2n1. The van der Waals surface area contributed by atoms with Crippen LogP contribution >= 0.6 is 11.6 Å². The van der Waals surface area contributed by atoms with Gasteiger partial charge >= 0.3 is 0 Å². The number of fused-ring (bicyclic) bond motifs is 1. The minimum atomic E-state index is 0.426. The monoisotopic (exact) mass is 303 g/mol. The van der Waals surface area contributed by atoms with Gasteiger partial charge in [0, 0.05) is 20.1 Å². The molecule has 3 aromatic heterocycles. The van der Waals surface area contributed by atoms with E-state index in [0.717, 1.165) is 30.6 Å². The van der Waals surface area contributed by atoms with E-state index < -0.39 is 0 Å². The molecule has 0 atom stereocenters. The minimum Gasteiger partial charge on any atom is -0.340 e. The predicted octanol–water partition coefficient (Wildman–Crippen LogP) is 1.78. The zero-order chi connectivity index (χ0) is 14.4. The van der Waals surface area contributed by atoms with Crippen molar-refractivity contribution in [1.29, 1.82) is 0 Å². The van der Waals surface area contributed by atoms with Crippen molar-refractivity contribution in [2.75, 3.05) is 18.0 Å². The van der Waals surface area contributed by atoms with Gasteiger partial charge in [-0.3, -0.25) is 0 Å². The molecule has 21 heavy (non-hydrogen) atoms. The van der Waals surface area contributed by atoms with E-state index >= 15 is 0 Å². The van der Waals surface area contributed by atoms with Gasteiger partial charge in [0.15, 0.2) is 11.5 Å². The Hall–Kier alpha value is -2.15. The maximum atomic E-state index is 5.89. The zero-order valence-corrected chi connectivity index (χ0v) is 12.3. The second kappa shape index (κ2) is 4.70. The van der Waals surface area contributed by atoms with Gasteiger partial charge < -0.3 is 4.90 Å². The fourth-order valence-electron chi connectivity index (χ4n) is 2.62. The number of aromatic nitrogens is 6. The molecular formula is C13H14ClN7. The number of hydrogen-bond acceptors (Lipinski definition) is 5. The zero-order valence-electron chi connectivity index (χ0n) is 11.6. The first-order chi connectivity index (χ1) is 10.2. The third-order valence-electron chi connectivity index (χ3n) is 3.66. The van der Waals surface area contributed by atoms with Crippen molar-refractivity contribution in [2.45, 2.75) is 12.8 Å². The second-order valence-corrected chi connectivity index (χ2v) is 5.53. The molecule has 0 N–H and O–H groups in total. The van der Waals surface area contributed by atoms with Crippen molar-refractivity contribution >= 4 is 23.2 Å². The van der Waals surface area contributed by atoms with E-state index in [-0.39, 0.29) is 0 Å². The van der Waals surface area contributed by atoms with Gasteiger partial charge in [-0.2, -0.15) is 10.1 Å². The first kappa shape index (κ1) is 12.6. The molecule has 0 saturated carbocycles. The summed E-state index contributed by atoms with van der Waals surface area (Å²) in [7, 11) is 1.88. The van der Waals surface area contributed by atoms with E-state index in [1.807, 2.05) is 19.2 Å². The molecule has 1 aliphatic rings. The number of imidazole rings is 1. The van der Waals surface area contributed by atoms with Crippen LogP contribution in [0.1, 0.15) is 12.8 Å². The maximum Gasteiger partial charge on any atom is 0.245 e. The maximum absolute atomic E-state index is 5.89. The molecule has 0 aliphatic carbocycles. The molecule has 0 amide bonds. The van der Waals surface area contributed by atoms with Crippen molar-refractivity contribution in [3.63, 3.8) is 0 Å². The average molecular weight is 304 g/mol. The lowest BCUT2D eigenvalue weighted by Crippen LogP contribution is -2.19. The molecule has 0 spiro atoms. The molecule has 0 radical (unpaired) electrons. The molecule has 1 saturated heterocycles. The van der Waals surface area contributed by atoms with E-state index in [1.54, 1.807) is 15.4 Å². The summed E-state index contributed by atoms with van der Waals surface area (Å²) >= 11 is 5.89. The summed E-state index contributed by atoms with van der Waals surface area (Å²) in [6.07, 6.45) is 4.08. The number of rotatable bonds is 2. The summed E-state index contributed by atoms with van der Waals surface area (Å²) in [5.74, 6) is 1.51. The number of nitrogens with zero attached hydrogens (tertiary/aromatic N) is 7. The quantitative estimate of drug-likeness (QED) is 0.722. The predicted molar refractivity (Wildman–Crippen MR) is 79.4 cm³/mol. The molecule has 8 heteroatoms. The Labute approximate surface area is 126 Å². The van der Waals surface area contributed by atoms with Crippen molar-refractivity contribution in [3.05, 3.63) is 23.5 Å². The molecule has 1 aliphatic heterocycles. The molecule has 108 valence electrons. The van der Waals surface area contributed by atoms with Gasteiger partial charge in [-0.1, -0.05) is 11.6 Å². The van der Waals surface area contributed by atoms with E-state index in [0.29, 0.717) is 10.8 Å². The Morgan fingerprint density at radius 2 is 1.90 bits per heavy atom. The van der Waals surface area contributed by atoms with Crippen LogP contribution in [-0.4, -0.2) is 42.5 Å². The van der Waals surface area contributed by atoms with Crippen LogP contribution in [0, 0.1) is 0 Å². The number of anilines is 1. The summed E-state index contributed by atoms with van der Waals surface area (Å²) in [5.41, 5.74) is 1.46. The van der Waals surface area contributed by atoms with Crippen molar-refractivity contribution in [2.24, 2.45) is 7.05 Å². The van der Waals surface area contributed by atoms with Crippen molar-refractivity contribution in [3.8, 4) is 11.5 Å². The first-order valence-corrected chi connectivity index (χ1v) is 7.27. The topological polar surface area (TPSA) is 64.1 Å². The molecule has 0 bridgehead atoms. The lowest BCUT2D eigenvalue weighted by molar-refractivity contribution is 0.756. The molecule has 0 unspecified atom stereocenters. The Bertz CT molecular complexity index is 800. The van der Waals surface area contributed by atoms with Crippen LogP contribution in [0.5, 0.6) is 0 Å². The van der Waals surface area contributed by atoms with E-state index in [2.05, 4.69) is 25.1 Å². The molecule has 4 rings (SSSR count). The van der Waals surface area contributed by atoms with Crippen LogP contribution in [0.4, 0.5) is 5.95 Å². The fourth-order valence-corrected chi connectivity index (χ4v) is 2.80. The van der Waals surface area contributed by atoms with E-state index in [9.17, 15) is 0 Å². The van der Waals surface area contributed by atoms with Crippen LogP contribution in [0.15, 0.2) is 18.3 Å². The largest absolute Gasteiger partial charge is 0.340 e. The highest BCUT2D eigenvalue weighted by molar-refractivity contribution is 6.29. The third kappa shape index (κ3) is 2.13. The summed E-state index contributed by atoms with van der Waals surface area (Å²) in [6.45, 7) is 2.04. The molecule has 4 heterocycles. The normalized spacial score (nSPS) is 15.2. The van der Waals surface area contributed by atoms with Gasteiger partial charge in [0.1, 0.15) is 10.8 Å². The lowest BCUT2D eigenvalue weighted by Gasteiger charge is -2.10. The lowest BCUT2D eigenvalue weighted by atomic mass is 10.3. The van der Waals surface area contributed by atoms with Crippen LogP contribution in [0.3, 0.4) is 0 Å². The van der Waals surface area contributed by atoms with Gasteiger partial charge in [-0.15, -0.1) is 5.10 Å². The third-order valence-corrected chi connectivity index (χ3v) is 3.84. The minimum absolute atomic E-state index is 0.426. The van der Waals surface area contributed by atoms with Crippen LogP contribution in [0.25, 0.3) is 17.2 Å². The van der Waals surface area contributed by atoms with Gasteiger partial charge in [0.05, 0.1) is 6.20 Å². The standard InChI is InChI=1S/C13H14ClN7/c1-19-12(16-13(18-19)20-6-2-3-7-20)9-4-5-11-15-10(14)8-21(11)17-9/h4-5,8H,2-3,6-7H2,1H3. The summed E-state index contributed by atoms with van der Waals surface area (Å²) < 4.78 is 3.42. The van der Waals surface area contributed by atoms with E-state index in [1.165, 1.54) is 12.8 Å². The van der Waals surface area contributed by atoms with Crippen molar-refractivity contribution < 1.29 is 0 Å². The van der Waals surface area contributed by atoms with Gasteiger partial charge in [-0.05, 0) is 25.0 Å².